The first kappa shape index (κ1) is 23.9. The van der Waals surface area contributed by atoms with Gasteiger partial charge in [0, 0.05) is 0 Å². The maximum atomic E-state index is 12.7. The molecule has 0 radical (unpaired) electrons. The molecule has 0 aliphatic heterocycles. The predicted octanol–water partition coefficient (Wildman–Crippen LogP) is 3.53. The molecule has 7 heteroatoms. The largest absolute Gasteiger partial charge is 0.480 e. The lowest BCUT2D eigenvalue weighted by Gasteiger charge is -2.23. The fourth-order valence-corrected chi connectivity index (χ4v) is 3.10. The molecule has 166 valence electrons. The molecular formula is C24H30N2O5. The summed E-state index contributed by atoms with van der Waals surface area (Å²) in [5.74, 6) is -1.89. The van der Waals surface area contributed by atoms with E-state index < -0.39 is 30.1 Å². The van der Waals surface area contributed by atoms with Crippen LogP contribution < -0.4 is 10.6 Å². The number of amides is 2. The Morgan fingerprint density at radius 2 is 1.48 bits per heavy atom. The molecule has 0 bridgehead atoms. The lowest BCUT2D eigenvalue weighted by molar-refractivity contribution is -0.142. The van der Waals surface area contributed by atoms with Crippen molar-refractivity contribution in [2.24, 2.45) is 5.92 Å². The van der Waals surface area contributed by atoms with Crippen LogP contribution in [0.4, 0.5) is 4.79 Å². The van der Waals surface area contributed by atoms with Gasteiger partial charge in [0.05, 0.1) is 0 Å². The van der Waals surface area contributed by atoms with Crippen molar-refractivity contribution in [1.82, 2.24) is 10.6 Å². The van der Waals surface area contributed by atoms with Gasteiger partial charge in [-0.1, -0.05) is 74.5 Å². The maximum Gasteiger partial charge on any atom is 0.408 e. The van der Waals surface area contributed by atoms with Crippen LogP contribution in [0.5, 0.6) is 0 Å². The lowest BCUT2D eigenvalue weighted by Crippen LogP contribution is -2.53. The summed E-state index contributed by atoms with van der Waals surface area (Å²) in [6.45, 7) is 3.62. The zero-order valence-electron chi connectivity index (χ0n) is 17.9. The second-order valence-electron chi connectivity index (χ2n) is 7.70. The van der Waals surface area contributed by atoms with E-state index in [1.165, 1.54) is 0 Å². The molecule has 2 aromatic rings. The molecule has 2 aromatic carbocycles. The van der Waals surface area contributed by atoms with Gasteiger partial charge in [0.1, 0.15) is 18.7 Å². The normalized spacial score (nSPS) is 12.6. The van der Waals surface area contributed by atoms with Gasteiger partial charge >= 0.3 is 12.1 Å². The minimum absolute atomic E-state index is 0.0797. The smallest absolute Gasteiger partial charge is 0.408 e. The first-order valence-corrected chi connectivity index (χ1v) is 10.4. The van der Waals surface area contributed by atoms with Gasteiger partial charge in [-0.2, -0.15) is 0 Å². The number of carbonyl (C=O) groups is 3. The highest BCUT2D eigenvalue weighted by molar-refractivity contribution is 5.89. The fourth-order valence-electron chi connectivity index (χ4n) is 3.10. The minimum Gasteiger partial charge on any atom is -0.480 e. The third-order valence-corrected chi connectivity index (χ3v) is 4.85. The van der Waals surface area contributed by atoms with Crippen LogP contribution in [0, 0.1) is 5.92 Å². The highest BCUT2D eigenvalue weighted by Gasteiger charge is 2.28. The van der Waals surface area contributed by atoms with Crippen molar-refractivity contribution in [3.8, 4) is 0 Å². The highest BCUT2D eigenvalue weighted by atomic mass is 16.5. The van der Waals surface area contributed by atoms with Gasteiger partial charge < -0.3 is 20.5 Å². The summed E-state index contributed by atoms with van der Waals surface area (Å²) in [4.78, 5) is 36.5. The van der Waals surface area contributed by atoms with E-state index in [9.17, 15) is 19.5 Å². The zero-order valence-corrected chi connectivity index (χ0v) is 17.9. The monoisotopic (exact) mass is 426 g/mol. The summed E-state index contributed by atoms with van der Waals surface area (Å²) in [6, 6.07) is 17.0. The second kappa shape index (κ2) is 12.4. The highest BCUT2D eigenvalue weighted by Crippen LogP contribution is 2.09. The molecule has 0 aliphatic rings. The van der Waals surface area contributed by atoms with Gasteiger partial charge in [0.25, 0.3) is 0 Å². The summed E-state index contributed by atoms with van der Waals surface area (Å²) >= 11 is 0. The van der Waals surface area contributed by atoms with Gasteiger partial charge in [0.2, 0.25) is 5.91 Å². The van der Waals surface area contributed by atoms with Crippen LogP contribution in [0.25, 0.3) is 0 Å². The SMILES string of the molecule is CC(C)[C@@H](NC(=O)OCc1ccccc1)C(=O)N[C@@H](CCCc1ccccc1)C(=O)O. The van der Waals surface area contributed by atoms with Crippen LogP contribution in [-0.4, -0.2) is 35.2 Å². The topological polar surface area (TPSA) is 105 Å². The molecule has 0 aliphatic carbocycles. The molecule has 2 atom stereocenters. The van der Waals surface area contributed by atoms with Crippen molar-refractivity contribution in [3.63, 3.8) is 0 Å². The van der Waals surface area contributed by atoms with E-state index in [2.05, 4.69) is 10.6 Å². The molecule has 0 heterocycles. The number of carboxylic acids is 1. The van der Waals surface area contributed by atoms with Gasteiger partial charge in [-0.25, -0.2) is 9.59 Å². The second-order valence-corrected chi connectivity index (χ2v) is 7.70. The van der Waals surface area contributed by atoms with Crippen molar-refractivity contribution in [2.45, 2.75) is 51.8 Å². The van der Waals surface area contributed by atoms with Gasteiger partial charge in [-0.15, -0.1) is 0 Å². The number of aryl methyl sites for hydroxylation is 1. The van der Waals surface area contributed by atoms with E-state index in [1.54, 1.807) is 13.8 Å². The fraction of sp³-hybridized carbons (Fsp3) is 0.375. The molecule has 0 aromatic heterocycles. The molecule has 7 nitrogen and oxygen atoms in total. The van der Waals surface area contributed by atoms with Crippen molar-refractivity contribution >= 4 is 18.0 Å². The molecule has 2 rings (SSSR count). The number of carboxylic acid groups (broad SMARTS) is 1. The molecule has 0 fully saturated rings. The zero-order chi connectivity index (χ0) is 22.6. The van der Waals surface area contributed by atoms with Crippen LogP contribution in [-0.2, 0) is 27.4 Å². The number of benzene rings is 2. The third kappa shape index (κ3) is 8.50. The van der Waals surface area contributed by atoms with Crippen molar-refractivity contribution in [3.05, 3.63) is 71.8 Å². The molecular weight excluding hydrogens is 396 g/mol. The maximum absolute atomic E-state index is 12.7. The Bertz CT molecular complexity index is 840. The van der Waals surface area contributed by atoms with Crippen LogP contribution in [0.15, 0.2) is 60.7 Å². The molecule has 2 amide bonds. The van der Waals surface area contributed by atoms with Crippen LogP contribution in [0.2, 0.25) is 0 Å². The number of rotatable bonds is 11. The molecule has 0 unspecified atom stereocenters. The van der Waals surface area contributed by atoms with Crippen LogP contribution >= 0.6 is 0 Å². The Balaban J connectivity index is 1.87. The minimum atomic E-state index is -1.10. The number of ether oxygens (including phenoxy) is 1. The van der Waals surface area contributed by atoms with Crippen molar-refractivity contribution < 1.29 is 24.2 Å². The number of alkyl carbamates (subject to hydrolysis) is 1. The summed E-state index contributed by atoms with van der Waals surface area (Å²) in [5.41, 5.74) is 1.94. The Morgan fingerprint density at radius 1 is 0.903 bits per heavy atom. The standard InChI is InChI=1S/C24H30N2O5/c1-17(2)21(26-24(30)31-16-19-12-7-4-8-13-19)22(27)25-20(23(28)29)15-9-14-18-10-5-3-6-11-18/h3-8,10-13,17,20-21H,9,14-16H2,1-2H3,(H,25,27)(H,26,30)(H,28,29)/t20-,21+/m0/s1. The van der Waals surface area contributed by atoms with Gasteiger partial charge in [-0.05, 0) is 36.3 Å². The Labute approximate surface area is 182 Å². The van der Waals surface area contributed by atoms with E-state index in [0.29, 0.717) is 12.8 Å². The number of nitrogens with one attached hydrogen (secondary N) is 2. The predicted molar refractivity (Wildman–Crippen MR) is 117 cm³/mol. The van der Waals surface area contributed by atoms with Crippen LogP contribution in [0.3, 0.4) is 0 Å². The lowest BCUT2D eigenvalue weighted by atomic mass is 10.0. The summed E-state index contributed by atoms with van der Waals surface area (Å²) in [5, 5.41) is 14.6. The summed E-state index contributed by atoms with van der Waals surface area (Å²) in [6.07, 6.45) is 0.894. The number of carbonyl (C=O) groups excluding carboxylic acids is 2. The first-order chi connectivity index (χ1) is 14.9. The number of hydrogen-bond donors (Lipinski definition) is 3. The Hall–Kier alpha value is -3.35. The molecule has 0 saturated carbocycles. The molecule has 0 spiro atoms. The molecule has 0 saturated heterocycles. The average Bonchev–Trinajstić information content (AvgIpc) is 2.76. The van der Waals surface area contributed by atoms with Gasteiger partial charge in [-0.3, -0.25) is 4.79 Å². The summed E-state index contributed by atoms with van der Waals surface area (Å²) < 4.78 is 5.18. The first-order valence-electron chi connectivity index (χ1n) is 10.4. The summed E-state index contributed by atoms with van der Waals surface area (Å²) in [7, 11) is 0. The Kier molecular flexibility index (Phi) is 9.55. The van der Waals surface area contributed by atoms with E-state index in [1.807, 2.05) is 60.7 Å². The van der Waals surface area contributed by atoms with Gasteiger partial charge in [0.15, 0.2) is 0 Å². The van der Waals surface area contributed by atoms with E-state index in [4.69, 9.17) is 4.74 Å². The average molecular weight is 427 g/mol. The van der Waals surface area contributed by atoms with Crippen molar-refractivity contribution in [1.29, 1.82) is 0 Å². The third-order valence-electron chi connectivity index (χ3n) is 4.85. The Morgan fingerprint density at radius 3 is 2.03 bits per heavy atom. The van der Waals surface area contributed by atoms with E-state index in [-0.39, 0.29) is 12.5 Å². The molecule has 31 heavy (non-hydrogen) atoms. The quantitative estimate of drug-likeness (QED) is 0.510. The van der Waals surface area contributed by atoms with Crippen LogP contribution in [0.1, 0.15) is 37.8 Å². The molecule has 3 N–H and O–H groups in total. The van der Waals surface area contributed by atoms with E-state index in [0.717, 1.165) is 17.5 Å². The number of aliphatic carboxylic acids is 1. The van der Waals surface area contributed by atoms with E-state index >= 15 is 0 Å². The van der Waals surface area contributed by atoms with Crippen molar-refractivity contribution in [2.75, 3.05) is 0 Å². The number of hydrogen-bond acceptors (Lipinski definition) is 4.